The molecule has 0 N–H and O–H groups in total. The number of morpholine rings is 1. The molecule has 1 aromatic heterocycles. The van der Waals surface area contributed by atoms with E-state index in [1.54, 1.807) is 24.1 Å². The number of aromatic nitrogens is 2. The van der Waals surface area contributed by atoms with Gasteiger partial charge in [0.1, 0.15) is 5.75 Å². The molecule has 2 aromatic rings. The summed E-state index contributed by atoms with van der Waals surface area (Å²) in [4.78, 5) is 23.6. The van der Waals surface area contributed by atoms with Crippen molar-refractivity contribution in [2.75, 3.05) is 44.9 Å². The minimum atomic E-state index is -4.78. The number of nitrogens with zero attached hydrogens (tertiary/aromatic N) is 4. The van der Waals surface area contributed by atoms with E-state index in [0.29, 0.717) is 25.5 Å². The Hall–Kier alpha value is -2.88. The topological polar surface area (TPSA) is 67.8 Å². The van der Waals surface area contributed by atoms with Crippen LogP contribution < -0.4 is 9.64 Å². The molecular formula is C20H21F3N4O3. The summed E-state index contributed by atoms with van der Waals surface area (Å²) in [6, 6.07) is 5.40. The summed E-state index contributed by atoms with van der Waals surface area (Å²) < 4.78 is 51.8. The van der Waals surface area contributed by atoms with Gasteiger partial charge in [-0.05, 0) is 36.6 Å². The van der Waals surface area contributed by atoms with E-state index in [4.69, 9.17) is 9.47 Å². The fraction of sp³-hybridized carbons (Fsp3) is 0.450. The number of methoxy groups -OCH3 is 1. The van der Waals surface area contributed by atoms with Crippen molar-refractivity contribution >= 4 is 17.5 Å². The monoisotopic (exact) mass is 422 g/mol. The quantitative estimate of drug-likeness (QED) is 0.758. The maximum Gasteiger partial charge on any atom is 0.434 e. The van der Waals surface area contributed by atoms with Gasteiger partial charge in [0, 0.05) is 31.5 Å². The molecule has 2 aliphatic rings. The van der Waals surface area contributed by atoms with E-state index < -0.39 is 23.3 Å². The predicted molar refractivity (Wildman–Crippen MR) is 102 cm³/mol. The molecule has 0 atom stereocenters. The second kappa shape index (κ2) is 8.10. The molecule has 0 unspecified atom stereocenters. The van der Waals surface area contributed by atoms with Crippen LogP contribution in [0.25, 0.3) is 0 Å². The molecule has 0 radical (unpaired) electrons. The van der Waals surface area contributed by atoms with E-state index in [1.165, 1.54) is 4.90 Å². The number of benzene rings is 1. The summed E-state index contributed by atoms with van der Waals surface area (Å²) in [6.07, 6.45) is -2.28. The molecule has 0 spiro atoms. The number of hydrogen-bond acceptors (Lipinski definition) is 6. The lowest BCUT2D eigenvalue weighted by molar-refractivity contribution is -0.141. The second-order valence-corrected chi connectivity index (χ2v) is 7.08. The van der Waals surface area contributed by atoms with Gasteiger partial charge in [-0.15, -0.1) is 0 Å². The number of alkyl halides is 3. The van der Waals surface area contributed by atoms with Crippen LogP contribution in [0.15, 0.2) is 24.4 Å². The zero-order valence-corrected chi connectivity index (χ0v) is 16.4. The number of amides is 1. The fourth-order valence-electron chi connectivity index (χ4n) is 3.72. The Kier molecular flexibility index (Phi) is 5.50. The van der Waals surface area contributed by atoms with Gasteiger partial charge < -0.3 is 19.3 Å². The van der Waals surface area contributed by atoms with Crippen LogP contribution in [0.4, 0.5) is 24.8 Å². The van der Waals surface area contributed by atoms with Crippen molar-refractivity contribution in [1.82, 2.24) is 14.9 Å². The summed E-state index contributed by atoms with van der Waals surface area (Å²) in [5.41, 5.74) is -0.0709. The molecule has 1 amide bonds. The normalized spacial score (nSPS) is 16.9. The summed E-state index contributed by atoms with van der Waals surface area (Å²) >= 11 is 0. The Morgan fingerprint density at radius 1 is 1.20 bits per heavy atom. The number of ether oxygens (including phenoxy) is 2. The molecule has 0 saturated carbocycles. The van der Waals surface area contributed by atoms with Crippen molar-refractivity contribution in [3.05, 3.63) is 41.2 Å². The zero-order chi connectivity index (χ0) is 21.3. The molecule has 0 aliphatic carbocycles. The Labute approximate surface area is 171 Å². The van der Waals surface area contributed by atoms with Gasteiger partial charge in [-0.1, -0.05) is 0 Å². The molecule has 1 fully saturated rings. The number of anilines is 2. The number of fused-ring (bicyclic) bond motifs is 1. The van der Waals surface area contributed by atoms with Crippen molar-refractivity contribution < 1.29 is 27.4 Å². The number of aryl methyl sites for hydroxylation is 1. The Balaban J connectivity index is 1.72. The third-order valence-electron chi connectivity index (χ3n) is 5.22. The minimum absolute atomic E-state index is 0.0769. The lowest BCUT2D eigenvalue weighted by atomic mass is 10.0. The molecule has 4 rings (SSSR count). The van der Waals surface area contributed by atoms with E-state index in [-0.39, 0.29) is 19.0 Å². The highest BCUT2D eigenvalue weighted by atomic mass is 19.4. The molecule has 7 nitrogen and oxygen atoms in total. The molecule has 10 heteroatoms. The van der Waals surface area contributed by atoms with Gasteiger partial charge in [0.2, 0.25) is 5.95 Å². The van der Waals surface area contributed by atoms with Gasteiger partial charge in [0.15, 0.2) is 5.69 Å². The zero-order valence-electron chi connectivity index (χ0n) is 16.4. The predicted octanol–water partition coefficient (Wildman–Crippen LogP) is 3.06. The van der Waals surface area contributed by atoms with Crippen LogP contribution in [0.3, 0.4) is 0 Å². The van der Waals surface area contributed by atoms with Crippen LogP contribution in [0.2, 0.25) is 0 Å². The highest BCUT2D eigenvalue weighted by molar-refractivity contribution is 5.95. The van der Waals surface area contributed by atoms with Crippen LogP contribution >= 0.6 is 0 Å². The standard InChI is InChI=1S/C20H21F3N4O3/c1-29-14-4-5-16-13(11-14)3-2-6-27(16)19-24-12-15(17(25-19)20(21,22)23)18(28)26-7-9-30-10-8-26/h4-5,11-12H,2-3,6-10H2,1H3. The smallest absolute Gasteiger partial charge is 0.434 e. The van der Waals surface area contributed by atoms with Crippen molar-refractivity contribution in [2.24, 2.45) is 0 Å². The van der Waals surface area contributed by atoms with Crippen LogP contribution in [0, 0.1) is 0 Å². The Bertz CT molecular complexity index is 945. The maximum atomic E-state index is 13.8. The van der Waals surface area contributed by atoms with Crippen LogP contribution in [-0.2, 0) is 17.3 Å². The molecule has 1 aromatic carbocycles. The number of rotatable bonds is 3. The first-order valence-electron chi connectivity index (χ1n) is 9.64. The van der Waals surface area contributed by atoms with E-state index in [1.807, 2.05) is 6.07 Å². The number of halogens is 3. The summed E-state index contributed by atoms with van der Waals surface area (Å²) in [5, 5.41) is 0. The van der Waals surface area contributed by atoms with E-state index in [9.17, 15) is 18.0 Å². The fourth-order valence-corrected chi connectivity index (χ4v) is 3.72. The molecule has 30 heavy (non-hydrogen) atoms. The van der Waals surface area contributed by atoms with Gasteiger partial charge in [-0.25, -0.2) is 9.97 Å². The summed E-state index contributed by atoms with van der Waals surface area (Å²) in [5.74, 6) is -0.133. The SMILES string of the molecule is COc1ccc2c(c1)CCCN2c1ncc(C(=O)N2CCOCC2)c(C(F)(F)F)n1. The minimum Gasteiger partial charge on any atom is -0.497 e. The Morgan fingerprint density at radius 3 is 2.67 bits per heavy atom. The average Bonchev–Trinajstić information content (AvgIpc) is 2.77. The van der Waals surface area contributed by atoms with Crippen molar-refractivity contribution in [2.45, 2.75) is 19.0 Å². The first-order valence-corrected chi connectivity index (χ1v) is 9.64. The van der Waals surface area contributed by atoms with Crippen molar-refractivity contribution in [3.8, 4) is 5.75 Å². The van der Waals surface area contributed by atoms with Crippen molar-refractivity contribution in [3.63, 3.8) is 0 Å². The van der Waals surface area contributed by atoms with Crippen LogP contribution in [0.1, 0.15) is 28.0 Å². The van der Waals surface area contributed by atoms with Gasteiger partial charge in [-0.3, -0.25) is 4.79 Å². The lowest BCUT2D eigenvalue weighted by Gasteiger charge is -2.31. The van der Waals surface area contributed by atoms with Gasteiger partial charge in [0.05, 0.1) is 25.9 Å². The summed E-state index contributed by atoms with van der Waals surface area (Å²) in [6.45, 7) is 1.53. The second-order valence-electron chi connectivity index (χ2n) is 7.08. The largest absolute Gasteiger partial charge is 0.497 e. The molecular weight excluding hydrogens is 401 g/mol. The van der Waals surface area contributed by atoms with E-state index in [2.05, 4.69) is 9.97 Å². The maximum absolute atomic E-state index is 13.8. The lowest BCUT2D eigenvalue weighted by Crippen LogP contribution is -2.41. The first-order chi connectivity index (χ1) is 14.4. The Morgan fingerprint density at radius 2 is 1.97 bits per heavy atom. The van der Waals surface area contributed by atoms with Crippen molar-refractivity contribution in [1.29, 1.82) is 0 Å². The first kappa shape index (κ1) is 20.4. The third-order valence-corrected chi connectivity index (χ3v) is 5.22. The highest BCUT2D eigenvalue weighted by Crippen LogP contribution is 2.37. The van der Waals surface area contributed by atoms with E-state index in [0.717, 1.165) is 30.3 Å². The molecule has 2 aliphatic heterocycles. The number of hydrogen-bond donors (Lipinski definition) is 0. The molecule has 0 bridgehead atoms. The number of carbonyl (C=O) groups is 1. The molecule has 3 heterocycles. The van der Waals surface area contributed by atoms with Gasteiger partial charge in [-0.2, -0.15) is 13.2 Å². The van der Waals surface area contributed by atoms with Gasteiger partial charge in [0.25, 0.3) is 5.91 Å². The van der Waals surface area contributed by atoms with Gasteiger partial charge >= 0.3 is 6.18 Å². The highest BCUT2D eigenvalue weighted by Gasteiger charge is 2.40. The third kappa shape index (κ3) is 3.91. The van der Waals surface area contributed by atoms with Crippen LogP contribution in [-0.4, -0.2) is 60.7 Å². The van der Waals surface area contributed by atoms with Crippen LogP contribution in [0.5, 0.6) is 5.75 Å². The molecule has 1 saturated heterocycles. The van der Waals surface area contributed by atoms with E-state index >= 15 is 0 Å². The summed E-state index contributed by atoms with van der Waals surface area (Å²) in [7, 11) is 1.56. The number of carbonyl (C=O) groups excluding carboxylic acids is 1. The average molecular weight is 422 g/mol. The molecule has 160 valence electrons.